The Morgan fingerprint density at radius 1 is 1.35 bits per heavy atom. The van der Waals surface area contributed by atoms with E-state index in [1.165, 1.54) is 18.9 Å². The van der Waals surface area contributed by atoms with Crippen LogP contribution in [0.1, 0.15) is 51.5 Å². The molecule has 1 saturated carbocycles. The van der Waals surface area contributed by atoms with Gasteiger partial charge in [-0.3, -0.25) is 0 Å². The summed E-state index contributed by atoms with van der Waals surface area (Å²) in [6.07, 6.45) is 5.77. The highest BCUT2D eigenvalue weighted by Crippen LogP contribution is 2.30. The molecule has 0 aromatic heterocycles. The SMILES string of the molecule is CCCNCc1cccc(F)c1OC1CCCC(C)C1. The molecule has 0 spiro atoms. The molecule has 2 unspecified atom stereocenters. The third kappa shape index (κ3) is 4.20. The van der Waals surface area contributed by atoms with E-state index < -0.39 is 0 Å². The highest BCUT2D eigenvalue weighted by Gasteiger charge is 2.22. The zero-order valence-electron chi connectivity index (χ0n) is 12.6. The lowest BCUT2D eigenvalue weighted by Crippen LogP contribution is -2.25. The fourth-order valence-electron chi connectivity index (χ4n) is 2.88. The first-order valence-electron chi connectivity index (χ1n) is 7.85. The molecule has 1 aliphatic rings. The van der Waals surface area contributed by atoms with E-state index in [4.69, 9.17) is 4.74 Å². The summed E-state index contributed by atoms with van der Waals surface area (Å²) in [7, 11) is 0. The Kier molecular flexibility index (Phi) is 5.84. The van der Waals surface area contributed by atoms with Crippen molar-refractivity contribution in [2.75, 3.05) is 6.54 Å². The third-order valence-corrected chi connectivity index (χ3v) is 3.96. The Hall–Kier alpha value is -1.09. The van der Waals surface area contributed by atoms with Crippen LogP contribution >= 0.6 is 0 Å². The van der Waals surface area contributed by atoms with Crippen molar-refractivity contribution in [1.29, 1.82) is 0 Å². The van der Waals surface area contributed by atoms with E-state index in [1.807, 2.05) is 6.07 Å². The second-order valence-corrected chi connectivity index (χ2v) is 5.92. The Balaban J connectivity index is 2.04. The van der Waals surface area contributed by atoms with E-state index in [0.717, 1.165) is 31.4 Å². The maximum Gasteiger partial charge on any atom is 0.165 e. The van der Waals surface area contributed by atoms with Gasteiger partial charge in [0.05, 0.1) is 6.10 Å². The van der Waals surface area contributed by atoms with E-state index in [9.17, 15) is 4.39 Å². The Morgan fingerprint density at radius 3 is 2.95 bits per heavy atom. The van der Waals surface area contributed by atoms with E-state index in [0.29, 0.717) is 18.2 Å². The number of nitrogens with one attached hydrogen (secondary N) is 1. The molecule has 0 radical (unpaired) electrons. The fourth-order valence-corrected chi connectivity index (χ4v) is 2.88. The maximum absolute atomic E-state index is 14.1. The van der Waals surface area contributed by atoms with Crippen molar-refractivity contribution in [3.05, 3.63) is 29.6 Å². The van der Waals surface area contributed by atoms with Crippen LogP contribution in [0.3, 0.4) is 0 Å². The quantitative estimate of drug-likeness (QED) is 0.785. The number of rotatable bonds is 6. The van der Waals surface area contributed by atoms with Gasteiger partial charge in [0.2, 0.25) is 0 Å². The molecule has 1 N–H and O–H groups in total. The van der Waals surface area contributed by atoms with Crippen LogP contribution in [0.25, 0.3) is 0 Å². The van der Waals surface area contributed by atoms with Crippen LogP contribution in [0, 0.1) is 11.7 Å². The lowest BCUT2D eigenvalue weighted by atomic mass is 9.88. The third-order valence-electron chi connectivity index (χ3n) is 3.96. The van der Waals surface area contributed by atoms with Crippen LogP contribution in [0.2, 0.25) is 0 Å². The summed E-state index contributed by atoms with van der Waals surface area (Å²) in [6, 6.07) is 5.20. The molecule has 2 atom stereocenters. The second kappa shape index (κ2) is 7.63. The Morgan fingerprint density at radius 2 is 2.20 bits per heavy atom. The molecule has 0 heterocycles. The normalized spacial score (nSPS) is 22.8. The smallest absolute Gasteiger partial charge is 0.165 e. The van der Waals surface area contributed by atoms with Gasteiger partial charge in [0.15, 0.2) is 11.6 Å². The highest BCUT2D eigenvalue weighted by molar-refractivity contribution is 5.35. The summed E-state index contributed by atoms with van der Waals surface area (Å²) >= 11 is 0. The monoisotopic (exact) mass is 279 g/mol. The molecular weight excluding hydrogens is 253 g/mol. The summed E-state index contributed by atoms with van der Waals surface area (Å²) in [6.45, 7) is 5.99. The molecule has 20 heavy (non-hydrogen) atoms. The number of hydrogen-bond donors (Lipinski definition) is 1. The molecule has 112 valence electrons. The molecule has 1 fully saturated rings. The van der Waals surface area contributed by atoms with Crippen LogP contribution in [-0.4, -0.2) is 12.6 Å². The molecule has 0 aliphatic heterocycles. The molecular formula is C17H26FNO. The number of para-hydroxylation sites is 1. The molecule has 3 heteroatoms. The van der Waals surface area contributed by atoms with Crippen LogP contribution in [0.5, 0.6) is 5.75 Å². The summed E-state index contributed by atoms with van der Waals surface area (Å²) in [4.78, 5) is 0. The first-order valence-corrected chi connectivity index (χ1v) is 7.85. The number of hydrogen-bond acceptors (Lipinski definition) is 2. The minimum atomic E-state index is -0.237. The minimum Gasteiger partial charge on any atom is -0.487 e. The van der Waals surface area contributed by atoms with Crippen molar-refractivity contribution in [2.45, 2.75) is 58.6 Å². The molecule has 0 bridgehead atoms. The van der Waals surface area contributed by atoms with Gasteiger partial charge in [-0.2, -0.15) is 0 Å². The summed E-state index contributed by atoms with van der Waals surface area (Å²) in [5.74, 6) is 0.899. The Labute approximate surface area is 121 Å². The number of ether oxygens (including phenoxy) is 1. The van der Waals surface area contributed by atoms with Crippen molar-refractivity contribution in [1.82, 2.24) is 5.32 Å². The van der Waals surface area contributed by atoms with Gasteiger partial charge < -0.3 is 10.1 Å². The largest absolute Gasteiger partial charge is 0.487 e. The van der Waals surface area contributed by atoms with Crippen molar-refractivity contribution in [3.8, 4) is 5.75 Å². The van der Waals surface area contributed by atoms with Gasteiger partial charge in [-0.15, -0.1) is 0 Å². The van der Waals surface area contributed by atoms with E-state index in [1.54, 1.807) is 6.07 Å². The molecule has 1 aromatic rings. The average molecular weight is 279 g/mol. The van der Waals surface area contributed by atoms with Gasteiger partial charge >= 0.3 is 0 Å². The number of halogens is 1. The van der Waals surface area contributed by atoms with Crippen molar-refractivity contribution in [2.24, 2.45) is 5.92 Å². The van der Waals surface area contributed by atoms with Crippen LogP contribution in [0.4, 0.5) is 4.39 Å². The van der Waals surface area contributed by atoms with Crippen LogP contribution < -0.4 is 10.1 Å². The Bertz CT molecular complexity index is 421. The minimum absolute atomic E-state index is 0.167. The molecule has 0 saturated heterocycles. The molecule has 0 amide bonds. The van der Waals surface area contributed by atoms with Crippen LogP contribution in [0.15, 0.2) is 18.2 Å². The number of benzene rings is 1. The van der Waals surface area contributed by atoms with Gasteiger partial charge in [-0.25, -0.2) is 4.39 Å². The van der Waals surface area contributed by atoms with Gasteiger partial charge in [0, 0.05) is 12.1 Å². The second-order valence-electron chi connectivity index (χ2n) is 5.92. The summed E-state index contributed by atoms with van der Waals surface area (Å²) in [5.41, 5.74) is 0.927. The predicted octanol–water partition coefficient (Wildman–Crippen LogP) is 4.28. The first kappa shape index (κ1) is 15.3. The van der Waals surface area contributed by atoms with Crippen molar-refractivity contribution in [3.63, 3.8) is 0 Å². The van der Waals surface area contributed by atoms with Crippen molar-refractivity contribution < 1.29 is 9.13 Å². The van der Waals surface area contributed by atoms with E-state index in [-0.39, 0.29) is 11.9 Å². The standard InChI is InChI=1S/C17H26FNO/c1-3-10-19-12-14-7-5-9-16(18)17(14)20-15-8-4-6-13(2)11-15/h5,7,9,13,15,19H,3-4,6,8,10-12H2,1-2H3. The molecule has 2 rings (SSSR count). The lowest BCUT2D eigenvalue weighted by Gasteiger charge is -2.28. The zero-order valence-corrected chi connectivity index (χ0v) is 12.6. The summed E-state index contributed by atoms with van der Waals surface area (Å²) < 4.78 is 20.1. The zero-order chi connectivity index (χ0) is 14.4. The fraction of sp³-hybridized carbons (Fsp3) is 0.647. The van der Waals surface area contributed by atoms with Gasteiger partial charge in [-0.1, -0.05) is 32.4 Å². The molecule has 2 nitrogen and oxygen atoms in total. The maximum atomic E-state index is 14.1. The average Bonchev–Trinajstić information content (AvgIpc) is 2.43. The first-order chi connectivity index (χ1) is 9.70. The van der Waals surface area contributed by atoms with E-state index >= 15 is 0 Å². The topological polar surface area (TPSA) is 21.3 Å². The van der Waals surface area contributed by atoms with Gasteiger partial charge in [0.25, 0.3) is 0 Å². The van der Waals surface area contributed by atoms with Gasteiger partial charge in [-0.05, 0) is 44.2 Å². The van der Waals surface area contributed by atoms with Crippen LogP contribution in [-0.2, 0) is 6.54 Å². The molecule has 1 aliphatic carbocycles. The summed E-state index contributed by atoms with van der Waals surface area (Å²) in [5, 5.41) is 3.32. The molecule has 1 aromatic carbocycles. The lowest BCUT2D eigenvalue weighted by molar-refractivity contribution is 0.122. The van der Waals surface area contributed by atoms with Crippen molar-refractivity contribution >= 4 is 0 Å². The van der Waals surface area contributed by atoms with E-state index in [2.05, 4.69) is 19.2 Å². The van der Waals surface area contributed by atoms with Gasteiger partial charge in [0.1, 0.15) is 0 Å². The predicted molar refractivity (Wildman–Crippen MR) is 80.4 cm³/mol. The highest BCUT2D eigenvalue weighted by atomic mass is 19.1.